The van der Waals surface area contributed by atoms with Gasteiger partial charge in [-0.05, 0) is 36.8 Å². The van der Waals surface area contributed by atoms with Gasteiger partial charge in [-0.25, -0.2) is 9.97 Å². The first-order valence-electron chi connectivity index (χ1n) is 7.88. The second-order valence-corrected chi connectivity index (χ2v) is 5.90. The Labute approximate surface area is 140 Å². The van der Waals surface area contributed by atoms with Crippen molar-refractivity contribution in [3.63, 3.8) is 0 Å². The molecule has 24 heavy (non-hydrogen) atoms. The van der Waals surface area contributed by atoms with Gasteiger partial charge in [-0.2, -0.15) is 0 Å². The van der Waals surface area contributed by atoms with Gasteiger partial charge in [0.05, 0.1) is 5.69 Å². The molecule has 0 unspecified atom stereocenters. The molecule has 2 aromatic heterocycles. The van der Waals surface area contributed by atoms with E-state index >= 15 is 0 Å². The van der Waals surface area contributed by atoms with E-state index in [9.17, 15) is 5.11 Å². The Balaban J connectivity index is 1.90. The van der Waals surface area contributed by atoms with Gasteiger partial charge in [0, 0.05) is 18.7 Å². The van der Waals surface area contributed by atoms with Crippen LogP contribution in [-0.4, -0.2) is 19.6 Å². The number of imidazole rings is 1. The number of benzene rings is 2. The maximum atomic E-state index is 9.85. The number of hydrogen-bond acceptors (Lipinski definition) is 3. The first-order chi connectivity index (χ1) is 11.7. The van der Waals surface area contributed by atoms with Gasteiger partial charge in [0.15, 0.2) is 5.65 Å². The zero-order valence-electron chi connectivity index (χ0n) is 13.3. The topological polar surface area (TPSA) is 50.9 Å². The van der Waals surface area contributed by atoms with Crippen LogP contribution >= 0.6 is 0 Å². The van der Waals surface area contributed by atoms with Gasteiger partial charge in [-0.3, -0.25) is 4.57 Å². The predicted octanol–water partition coefficient (Wildman–Crippen LogP) is 4.03. The fourth-order valence-electron chi connectivity index (χ4n) is 2.99. The molecule has 0 aliphatic carbocycles. The molecule has 4 heteroatoms. The molecule has 0 atom stereocenters. The molecule has 0 aliphatic rings. The summed E-state index contributed by atoms with van der Waals surface area (Å²) in [6, 6.07) is 19.4. The molecule has 0 radical (unpaired) electrons. The molecule has 0 bridgehead atoms. The predicted molar refractivity (Wildman–Crippen MR) is 94.5 cm³/mol. The number of fused-ring (bicyclic) bond motifs is 1. The third-order valence-corrected chi connectivity index (χ3v) is 4.02. The highest BCUT2D eigenvalue weighted by atomic mass is 16.3. The number of nitrogens with zero attached hydrogens (tertiary/aromatic N) is 3. The molecule has 0 saturated carbocycles. The Hall–Kier alpha value is -3.14. The molecular weight excluding hydrogens is 298 g/mol. The number of aromatic hydroxyl groups is 1. The fraction of sp³-hybridized carbons (Fsp3) is 0.100. The van der Waals surface area contributed by atoms with Gasteiger partial charge in [-0.1, -0.05) is 35.9 Å². The van der Waals surface area contributed by atoms with Gasteiger partial charge in [0.2, 0.25) is 0 Å². The summed E-state index contributed by atoms with van der Waals surface area (Å²) < 4.78 is 2.01. The van der Waals surface area contributed by atoms with Gasteiger partial charge < -0.3 is 5.11 Å². The molecule has 118 valence electrons. The largest absolute Gasteiger partial charge is 0.508 e. The van der Waals surface area contributed by atoms with Crippen molar-refractivity contribution in [3.8, 4) is 11.4 Å². The van der Waals surface area contributed by atoms with E-state index in [0.717, 1.165) is 22.7 Å². The summed E-state index contributed by atoms with van der Waals surface area (Å²) in [5.74, 6) is 1.13. The van der Waals surface area contributed by atoms with Crippen molar-refractivity contribution >= 4 is 11.2 Å². The third-order valence-electron chi connectivity index (χ3n) is 4.02. The van der Waals surface area contributed by atoms with Crippen LogP contribution in [0.5, 0.6) is 5.75 Å². The minimum atomic E-state index is 0.229. The highest BCUT2D eigenvalue weighted by Gasteiger charge is 2.14. The summed E-state index contributed by atoms with van der Waals surface area (Å²) in [5.41, 5.74) is 4.94. The van der Waals surface area contributed by atoms with Crippen LogP contribution in [0.3, 0.4) is 0 Å². The maximum absolute atomic E-state index is 9.85. The van der Waals surface area contributed by atoms with Crippen LogP contribution in [-0.2, 0) is 6.42 Å². The molecule has 4 nitrogen and oxygen atoms in total. The molecule has 0 aliphatic heterocycles. The second-order valence-electron chi connectivity index (χ2n) is 5.90. The summed E-state index contributed by atoms with van der Waals surface area (Å²) in [4.78, 5) is 9.25. The average molecular weight is 315 g/mol. The van der Waals surface area contributed by atoms with Crippen molar-refractivity contribution in [2.45, 2.75) is 13.3 Å². The standard InChI is InChI=1S/C20H17N3O/c1-14-5-2-6-15(11-14)12-19-22-18-9-4-10-21-20(18)23(19)16-7-3-8-17(24)13-16/h2-11,13,24H,12H2,1H3. The van der Waals surface area contributed by atoms with Gasteiger partial charge in [0.1, 0.15) is 17.1 Å². The Morgan fingerprint density at radius 3 is 2.71 bits per heavy atom. The van der Waals surface area contributed by atoms with Crippen LogP contribution in [0.15, 0.2) is 66.9 Å². The highest BCUT2D eigenvalue weighted by molar-refractivity contribution is 5.74. The van der Waals surface area contributed by atoms with Crippen LogP contribution in [0.25, 0.3) is 16.9 Å². The Kier molecular flexibility index (Phi) is 3.50. The van der Waals surface area contributed by atoms with E-state index in [1.54, 1.807) is 18.3 Å². The first-order valence-corrected chi connectivity index (χ1v) is 7.88. The van der Waals surface area contributed by atoms with Crippen molar-refractivity contribution < 1.29 is 5.11 Å². The molecule has 0 spiro atoms. The van der Waals surface area contributed by atoms with E-state index in [2.05, 4.69) is 36.2 Å². The molecule has 4 aromatic rings. The third kappa shape index (κ3) is 2.63. The van der Waals surface area contributed by atoms with E-state index in [-0.39, 0.29) is 5.75 Å². The Bertz CT molecular complexity index is 1020. The lowest BCUT2D eigenvalue weighted by Gasteiger charge is -2.09. The highest BCUT2D eigenvalue weighted by Crippen LogP contribution is 2.24. The fourth-order valence-corrected chi connectivity index (χ4v) is 2.99. The van der Waals surface area contributed by atoms with E-state index < -0.39 is 0 Å². The smallest absolute Gasteiger partial charge is 0.164 e. The monoisotopic (exact) mass is 315 g/mol. The molecule has 0 amide bonds. The van der Waals surface area contributed by atoms with Gasteiger partial charge >= 0.3 is 0 Å². The maximum Gasteiger partial charge on any atom is 0.164 e. The quantitative estimate of drug-likeness (QED) is 0.621. The minimum absolute atomic E-state index is 0.229. The number of rotatable bonds is 3. The molecule has 2 aromatic carbocycles. The van der Waals surface area contributed by atoms with E-state index in [1.807, 2.05) is 28.8 Å². The van der Waals surface area contributed by atoms with Crippen LogP contribution in [0, 0.1) is 6.92 Å². The lowest BCUT2D eigenvalue weighted by molar-refractivity contribution is 0.475. The van der Waals surface area contributed by atoms with E-state index in [4.69, 9.17) is 4.98 Å². The van der Waals surface area contributed by atoms with Crippen molar-refractivity contribution in [2.75, 3.05) is 0 Å². The van der Waals surface area contributed by atoms with E-state index in [0.29, 0.717) is 6.42 Å². The van der Waals surface area contributed by atoms with Gasteiger partial charge in [-0.15, -0.1) is 0 Å². The minimum Gasteiger partial charge on any atom is -0.508 e. The van der Waals surface area contributed by atoms with Crippen LogP contribution in [0.1, 0.15) is 17.0 Å². The number of phenols is 1. The lowest BCUT2D eigenvalue weighted by atomic mass is 10.1. The van der Waals surface area contributed by atoms with Crippen molar-refractivity contribution in [2.24, 2.45) is 0 Å². The number of phenolic OH excluding ortho intramolecular Hbond substituents is 1. The SMILES string of the molecule is Cc1cccc(Cc2nc3cccnc3n2-c2cccc(O)c2)c1. The normalized spacial score (nSPS) is 11.0. The average Bonchev–Trinajstić information content (AvgIpc) is 2.92. The van der Waals surface area contributed by atoms with Crippen molar-refractivity contribution in [3.05, 3.63) is 83.8 Å². The van der Waals surface area contributed by atoms with E-state index in [1.165, 1.54) is 11.1 Å². The summed E-state index contributed by atoms with van der Waals surface area (Å²) in [6.07, 6.45) is 2.47. The molecule has 0 fully saturated rings. The number of pyridine rings is 1. The molecule has 4 rings (SSSR count). The lowest BCUT2D eigenvalue weighted by Crippen LogP contribution is -2.03. The van der Waals surface area contributed by atoms with Gasteiger partial charge in [0.25, 0.3) is 0 Å². The van der Waals surface area contributed by atoms with Crippen LogP contribution in [0.2, 0.25) is 0 Å². The summed E-state index contributed by atoms with van der Waals surface area (Å²) in [5, 5.41) is 9.85. The Morgan fingerprint density at radius 1 is 1.00 bits per heavy atom. The van der Waals surface area contributed by atoms with Crippen LogP contribution in [0.4, 0.5) is 0 Å². The zero-order valence-corrected chi connectivity index (χ0v) is 13.3. The summed E-state index contributed by atoms with van der Waals surface area (Å²) >= 11 is 0. The van der Waals surface area contributed by atoms with Crippen LogP contribution < -0.4 is 0 Å². The number of aryl methyl sites for hydroxylation is 1. The first kappa shape index (κ1) is 14.5. The molecule has 0 saturated heterocycles. The Morgan fingerprint density at radius 2 is 1.88 bits per heavy atom. The molecule has 1 N–H and O–H groups in total. The van der Waals surface area contributed by atoms with Crippen molar-refractivity contribution in [1.29, 1.82) is 0 Å². The number of hydrogen-bond donors (Lipinski definition) is 1. The second kappa shape index (κ2) is 5.81. The van der Waals surface area contributed by atoms with Crippen molar-refractivity contribution in [1.82, 2.24) is 14.5 Å². The summed E-state index contributed by atoms with van der Waals surface area (Å²) in [7, 11) is 0. The summed E-state index contributed by atoms with van der Waals surface area (Å²) in [6.45, 7) is 2.09. The molecule has 2 heterocycles. The number of aromatic nitrogens is 3. The molecular formula is C20H17N3O. The zero-order chi connectivity index (χ0) is 16.5.